The third kappa shape index (κ3) is 4.25. The molecule has 4 aromatic rings. The van der Waals surface area contributed by atoms with Crippen LogP contribution < -0.4 is 10.2 Å². The molecule has 30 heavy (non-hydrogen) atoms. The Morgan fingerprint density at radius 2 is 1.70 bits per heavy atom. The van der Waals surface area contributed by atoms with Gasteiger partial charge in [-0.1, -0.05) is 42.5 Å². The molecule has 0 aliphatic heterocycles. The Hall–Kier alpha value is -3.09. The van der Waals surface area contributed by atoms with Crippen molar-refractivity contribution < 1.29 is 14.3 Å². The molecule has 0 unspecified atom stereocenters. The van der Waals surface area contributed by atoms with Gasteiger partial charge in [-0.15, -0.1) is 0 Å². The normalized spacial score (nSPS) is 11.2. The summed E-state index contributed by atoms with van der Waals surface area (Å²) in [4.78, 5) is 15.0. The van der Waals surface area contributed by atoms with Gasteiger partial charge in [0.25, 0.3) is 0 Å². The number of rotatable bonds is 6. The van der Waals surface area contributed by atoms with Gasteiger partial charge in [0.15, 0.2) is 0 Å². The number of phenolic OH excluding ortho intramolecular Hbond substituents is 1. The van der Waals surface area contributed by atoms with Gasteiger partial charge in [-0.3, -0.25) is 9.69 Å². The van der Waals surface area contributed by atoms with E-state index < -0.39 is 0 Å². The van der Waals surface area contributed by atoms with E-state index in [1.807, 2.05) is 55.6 Å². The first kappa shape index (κ1) is 20.2. The Morgan fingerprint density at radius 1 is 0.967 bits per heavy atom. The first-order chi connectivity index (χ1) is 14.5. The third-order valence-corrected chi connectivity index (χ3v) is 5.42. The number of nitrogens with zero attached hydrogens (tertiary/aromatic N) is 1. The lowest BCUT2D eigenvalue weighted by molar-refractivity contribution is 0.312. The van der Waals surface area contributed by atoms with Crippen molar-refractivity contribution in [2.24, 2.45) is 0 Å². The fourth-order valence-corrected chi connectivity index (χ4v) is 3.69. The first-order valence-corrected chi connectivity index (χ1v) is 10.2. The Morgan fingerprint density at radius 3 is 2.47 bits per heavy atom. The lowest BCUT2D eigenvalue weighted by atomic mass is 10.1. The van der Waals surface area contributed by atoms with Crippen molar-refractivity contribution in [1.29, 1.82) is 0 Å². The molecule has 1 N–H and O–H groups in total. The highest BCUT2D eigenvalue weighted by Crippen LogP contribution is 2.31. The van der Waals surface area contributed by atoms with Crippen LogP contribution in [-0.4, -0.2) is 17.1 Å². The number of phenols is 1. The van der Waals surface area contributed by atoms with Crippen molar-refractivity contribution in [1.82, 2.24) is 4.90 Å². The number of aromatic hydroxyl groups is 1. The summed E-state index contributed by atoms with van der Waals surface area (Å²) in [6.45, 7) is 1.12. The standard InChI is InChI=1S/C24H20BrNO4/c1-26(13-16-7-3-2-4-8-16)14-18-20(27)12-11-17-23(28)22(15-29-24(17)18)30-21-10-6-5-9-19(21)25/h2-12,15,27H,13-14H2,1H3. The second-order valence-corrected chi connectivity index (χ2v) is 7.91. The fraction of sp³-hybridized carbons (Fsp3) is 0.125. The van der Waals surface area contributed by atoms with Crippen LogP contribution in [0.3, 0.4) is 0 Å². The predicted molar refractivity (Wildman–Crippen MR) is 120 cm³/mol. The Bertz CT molecular complexity index is 1240. The number of para-hydroxylation sites is 1. The van der Waals surface area contributed by atoms with Crippen molar-refractivity contribution in [3.63, 3.8) is 0 Å². The van der Waals surface area contributed by atoms with E-state index in [1.54, 1.807) is 12.1 Å². The largest absolute Gasteiger partial charge is 0.507 e. The van der Waals surface area contributed by atoms with Gasteiger partial charge < -0.3 is 14.3 Å². The van der Waals surface area contributed by atoms with E-state index in [4.69, 9.17) is 9.15 Å². The molecular formula is C24H20BrNO4. The van der Waals surface area contributed by atoms with Crippen LogP contribution in [0.1, 0.15) is 11.1 Å². The monoisotopic (exact) mass is 465 g/mol. The number of benzene rings is 3. The van der Waals surface area contributed by atoms with E-state index in [0.29, 0.717) is 35.4 Å². The molecule has 4 rings (SSSR count). The number of fused-ring (bicyclic) bond motifs is 1. The van der Waals surface area contributed by atoms with Gasteiger partial charge in [-0.05, 0) is 52.8 Å². The van der Waals surface area contributed by atoms with Crippen LogP contribution >= 0.6 is 15.9 Å². The quantitative estimate of drug-likeness (QED) is 0.396. The van der Waals surface area contributed by atoms with Crippen LogP contribution in [0.2, 0.25) is 0 Å². The van der Waals surface area contributed by atoms with Gasteiger partial charge in [0.05, 0.1) is 15.4 Å². The Balaban J connectivity index is 1.66. The zero-order valence-electron chi connectivity index (χ0n) is 16.3. The van der Waals surface area contributed by atoms with Gasteiger partial charge in [0.2, 0.25) is 11.2 Å². The molecule has 1 aromatic heterocycles. The van der Waals surface area contributed by atoms with Crippen LogP contribution in [0.25, 0.3) is 11.0 Å². The first-order valence-electron chi connectivity index (χ1n) is 9.44. The highest BCUT2D eigenvalue weighted by molar-refractivity contribution is 9.10. The lowest BCUT2D eigenvalue weighted by Crippen LogP contribution is -2.18. The van der Waals surface area contributed by atoms with Crippen LogP contribution in [0.5, 0.6) is 17.2 Å². The molecule has 6 heteroatoms. The maximum Gasteiger partial charge on any atom is 0.235 e. The van der Waals surface area contributed by atoms with Crippen LogP contribution in [0, 0.1) is 0 Å². The molecule has 0 aliphatic carbocycles. The topological polar surface area (TPSA) is 62.9 Å². The summed E-state index contributed by atoms with van der Waals surface area (Å²) in [5.41, 5.74) is 1.79. The fourth-order valence-electron chi connectivity index (χ4n) is 3.32. The Kier molecular flexibility index (Phi) is 5.88. The summed E-state index contributed by atoms with van der Waals surface area (Å²) in [6.07, 6.45) is 1.30. The minimum atomic E-state index is -0.293. The molecule has 0 atom stereocenters. The highest BCUT2D eigenvalue weighted by Gasteiger charge is 2.17. The van der Waals surface area contributed by atoms with E-state index in [2.05, 4.69) is 20.8 Å². The van der Waals surface area contributed by atoms with Gasteiger partial charge >= 0.3 is 0 Å². The van der Waals surface area contributed by atoms with E-state index in [9.17, 15) is 9.90 Å². The molecule has 0 fully saturated rings. The average molecular weight is 466 g/mol. The summed E-state index contributed by atoms with van der Waals surface area (Å²) < 4.78 is 12.3. The van der Waals surface area contributed by atoms with Gasteiger partial charge in [0.1, 0.15) is 23.3 Å². The molecule has 0 aliphatic rings. The maximum absolute atomic E-state index is 13.0. The minimum Gasteiger partial charge on any atom is -0.507 e. The third-order valence-electron chi connectivity index (χ3n) is 4.77. The van der Waals surface area contributed by atoms with Gasteiger partial charge in [-0.25, -0.2) is 0 Å². The molecule has 152 valence electrons. The van der Waals surface area contributed by atoms with E-state index in [0.717, 1.165) is 10.0 Å². The summed E-state index contributed by atoms with van der Waals surface area (Å²) in [5, 5.41) is 10.8. The van der Waals surface area contributed by atoms with Crippen molar-refractivity contribution in [2.75, 3.05) is 7.05 Å². The summed E-state index contributed by atoms with van der Waals surface area (Å²) >= 11 is 3.41. The molecule has 3 aromatic carbocycles. The molecule has 0 saturated heterocycles. The van der Waals surface area contributed by atoms with Crippen molar-refractivity contribution in [3.8, 4) is 17.2 Å². The molecule has 0 radical (unpaired) electrons. The van der Waals surface area contributed by atoms with Crippen LogP contribution in [0.4, 0.5) is 0 Å². The van der Waals surface area contributed by atoms with Crippen molar-refractivity contribution >= 4 is 26.9 Å². The lowest BCUT2D eigenvalue weighted by Gasteiger charge is -2.18. The number of ether oxygens (including phenoxy) is 1. The SMILES string of the molecule is CN(Cc1ccccc1)Cc1c(O)ccc2c(=O)c(Oc3ccccc3Br)coc12. The molecule has 0 amide bonds. The number of hydrogen-bond donors (Lipinski definition) is 1. The van der Waals surface area contributed by atoms with Gasteiger partial charge in [-0.2, -0.15) is 0 Å². The van der Waals surface area contributed by atoms with Gasteiger partial charge in [0, 0.05) is 13.1 Å². The highest BCUT2D eigenvalue weighted by atomic mass is 79.9. The second kappa shape index (κ2) is 8.73. The number of hydrogen-bond acceptors (Lipinski definition) is 5. The Labute approximate surface area is 182 Å². The summed E-state index contributed by atoms with van der Waals surface area (Å²) in [5.74, 6) is 0.694. The molecule has 0 bridgehead atoms. The zero-order valence-corrected chi connectivity index (χ0v) is 17.9. The van der Waals surface area contributed by atoms with E-state index in [-0.39, 0.29) is 16.9 Å². The predicted octanol–water partition coefficient (Wildman–Crippen LogP) is 5.69. The zero-order chi connectivity index (χ0) is 21.1. The molecule has 0 saturated carbocycles. The number of halogens is 1. The smallest absolute Gasteiger partial charge is 0.235 e. The van der Waals surface area contributed by atoms with E-state index >= 15 is 0 Å². The van der Waals surface area contributed by atoms with Crippen LogP contribution in [0.15, 0.2) is 86.7 Å². The summed E-state index contributed by atoms with van der Waals surface area (Å²) in [7, 11) is 1.95. The molecule has 0 spiro atoms. The molecular weight excluding hydrogens is 446 g/mol. The van der Waals surface area contributed by atoms with E-state index in [1.165, 1.54) is 12.3 Å². The van der Waals surface area contributed by atoms with Crippen molar-refractivity contribution in [3.05, 3.63) is 98.8 Å². The summed E-state index contributed by atoms with van der Waals surface area (Å²) in [6, 6.07) is 20.4. The average Bonchev–Trinajstić information content (AvgIpc) is 2.74. The maximum atomic E-state index is 13.0. The second-order valence-electron chi connectivity index (χ2n) is 7.06. The molecule has 1 heterocycles. The minimum absolute atomic E-state index is 0.0867. The van der Waals surface area contributed by atoms with Crippen LogP contribution in [-0.2, 0) is 13.1 Å². The van der Waals surface area contributed by atoms with Crippen molar-refractivity contribution in [2.45, 2.75) is 13.1 Å². The molecule has 5 nitrogen and oxygen atoms in total.